The lowest BCUT2D eigenvalue weighted by Crippen LogP contribution is -2.52. The summed E-state index contributed by atoms with van der Waals surface area (Å²) in [6.07, 6.45) is 2.95. The number of hydrogen-bond acceptors (Lipinski definition) is 3. The lowest BCUT2D eigenvalue weighted by molar-refractivity contribution is -0.120. The Bertz CT molecular complexity index is 387. The molecule has 100 valence electrons. The van der Waals surface area contributed by atoms with Gasteiger partial charge in [-0.05, 0) is 47.2 Å². The zero-order valence-corrected chi connectivity index (χ0v) is 12.0. The number of thiophene rings is 1. The van der Waals surface area contributed by atoms with Gasteiger partial charge in [0.15, 0.2) is 0 Å². The maximum absolute atomic E-state index is 11.8. The van der Waals surface area contributed by atoms with E-state index in [9.17, 15) is 4.79 Å². The Morgan fingerprint density at radius 3 is 3.11 bits per heavy atom. The van der Waals surface area contributed by atoms with Crippen LogP contribution in [0, 0.1) is 5.41 Å². The second-order valence-electron chi connectivity index (χ2n) is 5.71. The van der Waals surface area contributed by atoms with Crippen molar-refractivity contribution in [2.24, 2.45) is 5.41 Å². The molecule has 1 aromatic heterocycles. The van der Waals surface area contributed by atoms with Crippen LogP contribution in [0.25, 0.3) is 0 Å². The quantitative estimate of drug-likeness (QED) is 0.877. The molecule has 1 aromatic rings. The average molecular weight is 266 g/mol. The second kappa shape index (κ2) is 5.85. The van der Waals surface area contributed by atoms with Crippen LogP contribution < -0.4 is 10.6 Å². The number of carbonyl (C=O) groups excluding carboxylic acids is 1. The molecule has 0 radical (unpaired) electrons. The van der Waals surface area contributed by atoms with E-state index in [1.165, 1.54) is 12.8 Å². The molecule has 18 heavy (non-hydrogen) atoms. The van der Waals surface area contributed by atoms with Crippen LogP contribution in [0.5, 0.6) is 0 Å². The van der Waals surface area contributed by atoms with Crippen LogP contribution in [-0.2, 0) is 11.2 Å². The highest BCUT2D eigenvalue weighted by Gasteiger charge is 2.31. The third-order valence-electron chi connectivity index (χ3n) is 3.78. The minimum atomic E-state index is 0.122. The third-order valence-corrected chi connectivity index (χ3v) is 4.51. The number of carbonyl (C=O) groups is 1. The zero-order valence-electron chi connectivity index (χ0n) is 11.2. The van der Waals surface area contributed by atoms with Gasteiger partial charge in [-0.2, -0.15) is 11.3 Å². The van der Waals surface area contributed by atoms with E-state index in [-0.39, 0.29) is 11.3 Å². The molecule has 1 saturated heterocycles. The van der Waals surface area contributed by atoms with E-state index < -0.39 is 0 Å². The Kier molecular flexibility index (Phi) is 4.40. The maximum atomic E-state index is 11.8. The van der Waals surface area contributed by atoms with Crippen molar-refractivity contribution in [2.75, 3.05) is 13.1 Å². The van der Waals surface area contributed by atoms with Crippen molar-refractivity contribution in [2.45, 2.75) is 39.2 Å². The molecule has 2 rings (SSSR count). The fourth-order valence-electron chi connectivity index (χ4n) is 2.48. The molecule has 0 bridgehead atoms. The van der Waals surface area contributed by atoms with Crippen molar-refractivity contribution in [3.8, 4) is 0 Å². The zero-order chi connectivity index (χ0) is 13.0. The van der Waals surface area contributed by atoms with Gasteiger partial charge in [-0.3, -0.25) is 4.79 Å². The highest BCUT2D eigenvalue weighted by molar-refractivity contribution is 7.07. The van der Waals surface area contributed by atoms with E-state index in [4.69, 9.17) is 0 Å². The number of hydrogen-bond donors (Lipinski definition) is 2. The minimum Gasteiger partial charge on any atom is -0.354 e. The lowest BCUT2D eigenvalue weighted by atomic mass is 9.77. The van der Waals surface area contributed by atoms with Gasteiger partial charge in [-0.1, -0.05) is 13.8 Å². The fourth-order valence-corrected chi connectivity index (χ4v) is 3.14. The van der Waals surface area contributed by atoms with E-state index in [1.54, 1.807) is 11.3 Å². The molecule has 2 heterocycles. The Balaban J connectivity index is 1.78. The molecule has 4 heteroatoms. The van der Waals surface area contributed by atoms with Crippen LogP contribution in [0.1, 0.15) is 32.3 Å². The van der Waals surface area contributed by atoms with Crippen LogP contribution in [0.15, 0.2) is 16.8 Å². The molecule has 3 nitrogen and oxygen atoms in total. The number of amides is 1. The van der Waals surface area contributed by atoms with Crippen molar-refractivity contribution >= 4 is 17.2 Å². The molecule has 0 saturated carbocycles. The molecule has 1 aliphatic rings. The van der Waals surface area contributed by atoms with Gasteiger partial charge in [0, 0.05) is 12.6 Å². The van der Waals surface area contributed by atoms with Crippen molar-refractivity contribution in [1.29, 1.82) is 0 Å². The Morgan fingerprint density at radius 2 is 2.44 bits per heavy atom. The molecular formula is C14H22N2OS. The largest absolute Gasteiger partial charge is 0.354 e. The smallest absolute Gasteiger partial charge is 0.224 e. The van der Waals surface area contributed by atoms with Gasteiger partial charge in [0.2, 0.25) is 5.91 Å². The summed E-state index contributed by atoms with van der Waals surface area (Å²) in [5.41, 5.74) is 1.38. The Hall–Kier alpha value is -0.870. The van der Waals surface area contributed by atoms with Gasteiger partial charge in [-0.25, -0.2) is 0 Å². The standard InChI is InChI=1S/C14H22N2OS/c1-14(2)5-3-6-15-12(14)9-16-13(17)8-11-4-7-18-10-11/h4,7,10,12,15H,3,5-6,8-9H2,1-2H3,(H,16,17). The number of rotatable bonds is 4. The van der Waals surface area contributed by atoms with E-state index in [0.29, 0.717) is 12.5 Å². The Morgan fingerprint density at radius 1 is 1.61 bits per heavy atom. The van der Waals surface area contributed by atoms with Crippen molar-refractivity contribution in [1.82, 2.24) is 10.6 Å². The van der Waals surface area contributed by atoms with Gasteiger partial charge in [0.1, 0.15) is 0 Å². The molecule has 0 spiro atoms. The first-order chi connectivity index (χ1) is 8.58. The van der Waals surface area contributed by atoms with Gasteiger partial charge in [0.25, 0.3) is 0 Å². The van der Waals surface area contributed by atoms with Crippen molar-refractivity contribution < 1.29 is 4.79 Å². The molecule has 1 atom stereocenters. The minimum absolute atomic E-state index is 0.122. The fraction of sp³-hybridized carbons (Fsp3) is 0.643. The number of nitrogens with one attached hydrogen (secondary N) is 2. The van der Waals surface area contributed by atoms with Gasteiger partial charge in [-0.15, -0.1) is 0 Å². The van der Waals surface area contributed by atoms with Crippen LogP contribution >= 0.6 is 11.3 Å². The third kappa shape index (κ3) is 3.56. The van der Waals surface area contributed by atoms with E-state index in [0.717, 1.165) is 18.7 Å². The molecule has 1 fully saturated rings. The summed E-state index contributed by atoms with van der Waals surface area (Å²) in [7, 11) is 0. The Labute approximate surface area is 113 Å². The summed E-state index contributed by atoms with van der Waals surface area (Å²) in [6, 6.07) is 2.39. The highest BCUT2D eigenvalue weighted by Crippen LogP contribution is 2.29. The van der Waals surface area contributed by atoms with Gasteiger partial charge < -0.3 is 10.6 Å². The molecule has 1 aliphatic heterocycles. The lowest BCUT2D eigenvalue weighted by Gasteiger charge is -2.39. The van der Waals surface area contributed by atoms with Crippen LogP contribution in [-0.4, -0.2) is 25.0 Å². The van der Waals surface area contributed by atoms with Crippen LogP contribution in [0.3, 0.4) is 0 Å². The van der Waals surface area contributed by atoms with Gasteiger partial charge in [0.05, 0.1) is 6.42 Å². The summed E-state index contributed by atoms with van der Waals surface area (Å²) >= 11 is 1.64. The van der Waals surface area contributed by atoms with E-state index >= 15 is 0 Å². The SMILES string of the molecule is CC1(C)CCCNC1CNC(=O)Cc1ccsc1. The van der Waals surface area contributed by atoms with E-state index in [2.05, 4.69) is 24.5 Å². The predicted octanol–water partition coefficient (Wildman–Crippen LogP) is 2.18. The van der Waals surface area contributed by atoms with Crippen molar-refractivity contribution in [3.05, 3.63) is 22.4 Å². The summed E-state index contributed by atoms with van der Waals surface area (Å²) in [5, 5.41) is 10.6. The van der Waals surface area contributed by atoms with Crippen LogP contribution in [0.4, 0.5) is 0 Å². The number of piperidine rings is 1. The van der Waals surface area contributed by atoms with E-state index in [1.807, 2.05) is 16.8 Å². The molecule has 2 N–H and O–H groups in total. The molecule has 0 aromatic carbocycles. The summed E-state index contributed by atoms with van der Waals surface area (Å²) < 4.78 is 0. The normalized spacial score (nSPS) is 22.7. The van der Waals surface area contributed by atoms with Crippen LogP contribution in [0.2, 0.25) is 0 Å². The average Bonchev–Trinajstić information content (AvgIpc) is 2.80. The summed E-state index contributed by atoms with van der Waals surface area (Å²) in [6.45, 7) is 6.34. The molecule has 1 amide bonds. The van der Waals surface area contributed by atoms with Crippen molar-refractivity contribution in [3.63, 3.8) is 0 Å². The molecular weight excluding hydrogens is 244 g/mol. The first-order valence-electron chi connectivity index (χ1n) is 6.59. The topological polar surface area (TPSA) is 41.1 Å². The first-order valence-corrected chi connectivity index (χ1v) is 7.53. The second-order valence-corrected chi connectivity index (χ2v) is 6.49. The summed E-state index contributed by atoms with van der Waals surface area (Å²) in [4.78, 5) is 11.8. The monoisotopic (exact) mass is 266 g/mol. The molecule has 0 aliphatic carbocycles. The summed E-state index contributed by atoms with van der Waals surface area (Å²) in [5.74, 6) is 0.122. The predicted molar refractivity (Wildman–Crippen MR) is 75.8 cm³/mol. The maximum Gasteiger partial charge on any atom is 0.224 e. The van der Waals surface area contributed by atoms with Gasteiger partial charge >= 0.3 is 0 Å². The first kappa shape index (κ1) is 13.6. The molecule has 1 unspecified atom stereocenters. The highest BCUT2D eigenvalue weighted by atomic mass is 32.1.